The predicted molar refractivity (Wildman–Crippen MR) is 76.7 cm³/mol. The maximum atomic E-state index is 12.1. The van der Waals surface area contributed by atoms with E-state index in [4.69, 9.17) is 16.7 Å². The third-order valence-electron chi connectivity index (χ3n) is 2.64. The van der Waals surface area contributed by atoms with Crippen LogP contribution in [0.3, 0.4) is 0 Å². The van der Waals surface area contributed by atoms with Gasteiger partial charge in [0, 0.05) is 12.7 Å². The number of rotatable bonds is 5. The highest BCUT2D eigenvalue weighted by Crippen LogP contribution is 2.20. The monoisotopic (exact) mass is 326 g/mol. The molecular weight excluding hydrogens is 316 g/mol. The van der Waals surface area contributed by atoms with Crippen LogP contribution in [0, 0.1) is 0 Å². The number of carboxylic acid groups (broad SMARTS) is 1. The molecule has 0 atom stereocenters. The van der Waals surface area contributed by atoms with Crippen LogP contribution in [-0.2, 0) is 16.6 Å². The molecule has 8 heteroatoms. The van der Waals surface area contributed by atoms with Crippen molar-refractivity contribution in [2.45, 2.75) is 11.4 Å². The topological polar surface area (TPSA) is 96.4 Å². The molecule has 1 heterocycles. The van der Waals surface area contributed by atoms with E-state index in [0.29, 0.717) is 5.56 Å². The summed E-state index contributed by atoms with van der Waals surface area (Å²) in [4.78, 5) is 14.4. The van der Waals surface area contributed by atoms with Crippen molar-refractivity contribution < 1.29 is 18.3 Å². The predicted octanol–water partition coefficient (Wildman–Crippen LogP) is 1.91. The summed E-state index contributed by atoms with van der Waals surface area (Å²) in [5.41, 5.74) is 0.434. The highest BCUT2D eigenvalue weighted by Gasteiger charge is 2.17. The van der Waals surface area contributed by atoms with E-state index in [1.165, 1.54) is 30.5 Å². The van der Waals surface area contributed by atoms with Crippen molar-refractivity contribution in [1.29, 1.82) is 0 Å². The molecule has 0 fully saturated rings. The van der Waals surface area contributed by atoms with E-state index in [1.807, 2.05) is 0 Å². The van der Waals surface area contributed by atoms with Gasteiger partial charge in [0.2, 0.25) is 10.0 Å². The van der Waals surface area contributed by atoms with Gasteiger partial charge in [-0.1, -0.05) is 29.8 Å². The molecular formula is C13H11ClN2O4S. The van der Waals surface area contributed by atoms with Crippen LogP contribution in [0.25, 0.3) is 0 Å². The number of pyridine rings is 1. The largest absolute Gasteiger partial charge is 0.477 e. The first-order chi connectivity index (χ1) is 9.90. The lowest BCUT2D eigenvalue weighted by atomic mass is 10.2. The third kappa shape index (κ3) is 3.78. The Balaban J connectivity index is 2.12. The van der Waals surface area contributed by atoms with Gasteiger partial charge in [-0.3, -0.25) is 0 Å². The summed E-state index contributed by atoms with van der Waals surface area (Å²) in [7, 11) is -3.74. The molecule has 0 aliphatic rings. The molecule has 1 aromatic carbocycles. The summed E-state index contributed by atoms with van der Waals surface area (Å²) < 4.78 is 26.6. The number of hydrogen-bond acceptors (Lipinski definition) is 4. The van der Waals surface area contributed by atoms with Gasteiger partial charge >= 0.3 is 5.97 Å². The average molecular weight is 327 g/mol. The second-order valence-corrected chi connectivity index (χ2v) is 6.25. The van der Waals surface area contributed by atoms with E-state index in [1.54, 1.807) is 12.1 Å². The number of halogens is 1. The zero-order chi connectivity index (χ0) is 15.5. The first-order valence-electron chi connectivity index (χ1n) is 5.82. The lowest BCUT2D eigenvalue weighted by Gasteiger charge is -2.08. The summed E-state index contributed by atoms with van der Waals surface area (Å²) in [6.45, 7) is -0.0134. The van der Waals surface area contributed by atoms with Gasteiger partial charge in [0.15, 0.2) is 0 Å². The molecule has 0 radical (unpaired) electrons. The minimum absolute atomic E-state index is 0.0122. The number of carbonyl (C=O) groups is 1. The second kappa shape index (κ2) is 6.21. The Morgan fingerprint density at radius 3 is 2.52 bits per heavy atom. The van der Waals surface area contributed by atoms with Gasteiger partial charge in [-0.05, 0) is 23.8 Å². The number of hydrogen-bond donors (Lipinski definition) is 2. The Kier molecular flexibility index (Phi) is 4.56. The maximum Gasteiger partial charge on any atom is 0.354 e. The Morgan fingerprint density at radius 1 is 1.24 bits per heavy atom. The zero-order valence-electron chi connectivity index (χ0n) is 10.7. The Bertz CT molecular complexity index is 760. The molecule has 0 aliphatic carbocycles. The lowest BCUT2D eigenvalue weighted by Crippen LogP contribution is -2.23. The fourth-order valence-corrected chi connectivity index (χ4v) is 3.11. The molecule has 2 rings (SSSR count). The number of sulfonamides is 1. The van der Waals surface area contributed by atoms with Gasteiger partial charge < -0.3 is 5.11 Å². The molecule has 0 bridgehead atoms. The van der Waals surface area contributed by atoms with Crippen molar-refractivity contribution in [1.82, 2.24) is 9.71 Å². The average Bonchev–Trinajstić information content (AvgIpc) is 2.46. The molecule has 0 spiro atoms. The summed E-state index contributed by atoms with van der Waals surface area (Å²) in [5, 5.41) is 8.85. The first-order valence-corrected chi connectivity index (χ1v) is 7.69. The molecule has 0 saturated carbocycles. The molecule has 0 amide bonds. The fraction of sp³-hybridized carbons (Fsp3) is 0.0769. The SMILES string of the molecule is O=C(O)c1ccc(CNS(=O)(=O)c2ccccc2Cl)cn1. The molecule has 1 aromatic heterocycles. The summed E-state index contributed by atoms with van der Waals surface area (Å²) in [5.74, 6) is -1.14. The summed E-state index contributed by atoms with van der Waals surface area (Å²) in [6, 6.07) is 8.89. The van der Waals surface area contributed by atoms with Crippen LogP contribution in [0.2, 0.25) is 5.02 Å². The standard InChI is InChI=1S/C13H11ClN2O4S/c14-10-3-1-2-4-12(10)21(19,20)16-8-9-5-6-11(13(17)18)15-7-9/h1-7,16H,8H2,(H,17,18). The molecule has 110 valence electrons. The smallest absolute Gasteiger partial charge is 0.354 e. The van der Waals surface area contributed by atoms with Crippen molar-refractivity contribution in [2.24, 2.45) is 0 Å². The van der Waals surface area contributed by atoms with Gasteiger partial charge in [0.05, 0.1) is 5.02 Å². The summed E-state index contributed by atoms with van der Waals surface area (Å²) >= 11 is 5.85. The van der Waals surface area contributed by atoms with Crippen molar-refractivity contribution in [3.63, 3.8) is 0 Å². The van der Waals surface area contributed by atoms with E-state index in [0.717, 1.165) is 0 Å². The van der Waals surface area contributed by atoms with Crippen molar-refractivity contribution in [3.8, 4) is 0 Å². The zero-order valence-corrected chi connectivity index (χ0v) is 12.2. The molecule has 6 nitrogen and oxygen atoms in total. The Hall–Kier alpha value is -1.96. The van der Waals surface area contributed by atoms with Crippen LogP contribution >= 0.6 is 11.6 Å². The number of nitrogens with one attached hydrogen (secondary N) is 1. The number of nitrogens with zero attached hydrogens (tertiary/aromatic N) is 1. The van der Waals surface area contributed by atoms with Crippen LogP contribution < -0.4 is 4.72 Å². The van der Waals surface area contributed by atoms with Crippen LogP contribution in [0.15, 0.2) is 47.5 Å². The van der Waals surface area contributed by atoms with Gasteiger partial charge in [-0.25, -0.2) is 22.9 Å². The minimum Gasteiger partial charge on any atom is -0.477 e. The van der Waals surface area contributed by atoms with Gasteiger partial charge in [-0.2, -0.15) is 0 Å². The fourth-order valence-electron chi connectivity index (χ4n) is 1.57. The van der Waals surface area contributed by atoms with Crippen LogP contribution in [-0.4, -0.2) is 24.5 Å². The van der Waals surface area contributed by atoms with E-state index >= 15 is 0 Å². The van der Waals surface area contributed by atoms with Gasteiger partial charge in [-0.15, -0.1) is 0 Å². The molecule has 0 unspecified atom stereocenters. The number of aromatic carboxylic acids is 1. The van der Waals surface area contributed by atoms with Crippen LogP contribution in [0.1, 0.15) is 16.1 Å². The third-order valence-corrected chi connectivity index (χ3v) is 4.54. The van der Waals surface area contributed by atoms with Crippen molar-refractivity contribution in [2.75, 3.05) is 0 Å². The van der Waals surface area contributed by atoms with Crippen LogP contribution in [0.5, 0.6) is 0 Å². The molecule has 0 saturated heterocycles. The van der Waals surface area contributed by atoms with Gasteiger partial charge in [0.25, 0.3) is 0 Å². The quantitative estimate of drug-likeness (QED) is 0.875. The normalized spacial score (nSPS) is 11.3. The van der Waals surface area contributed by atoms with Crippen molar-refractivity contribution in [3.05, 3.63) is 58.9 Å². The molecule has 0 aliphatic heterocycles. The van der Waals surface area contributed by atoms with E-state index in [-0.39, 0.29) is 22.2 Å². The summed E-state index contributed by atoms with van der Waals surface area (Å²) in [6.07, 6.45) is 1.30. The number of carboxylic acids is 1. The lowest BCUT2D eigenvalue weighted by molar-refractivity contribution is 0.0690. The highest BCUT2D eigenvalue weighted by molar-refractivity contribution is 7.89. The molecule has 2 N–H and O–H groups in total. The maximum absolute atomic E-state index is 12.1. The molecule has 21 heavy (non-hydrogen) atoms. The minimum atomic E-state index is -3.74. The molecule has 2 aromatic rings. The number of aromatic nitrogens is 1. The van der Waals surface area contributed by atoms with Crippen molar-refractivity contribution >= 4 is 27.6 Å². The van der Waals surface area contributed by atoms with Crippen LogP contribution in [0.4, 0.5) is 0 Å². The Labute approximate surface area is 126 Å². The first kappa shape index (κ1) is 15.4. The Morgan fingerprint density at radius 2 is 1.95 bits per heavy atom. The van der Waals surface area contributed by atoms with E-state index < -0.39 is 16.0 Å². The van der Waals surface area contributed by atoms with E-state index in [9.17, 15) is 13.2 Å². The van der Waals surface area contributed by atoms with E-state index in [2.05, 4.69) is 9.71 Å². The second-order valence-electron chi connectivity index (χ2n) is 4.11. The highest BCUT2D eigenvalue weighted by atomic mass is 35.5. The van der Waals surface area contributed by atoms with Gasteiger partial charge in [0.1, 0.15) is 10.6 Å². The number of benzene rings is 1.